The lowest BCUT2D eigenvalue weighted by atomic mass is 10.2. The molecule has 4 nitrogen and oxygen atoms in total. The van der Waals surface area contributed by atoms with E-state index in [9.17, 15) is 0 Å². The van der Waals surface area contributed by atoms with E-state index in [4.69, 9.17) is 4.43 Å². The van der Waals surface area contributed by atoms with Gasteiger partial charge < -0.3 is 4.43 Å². The number of aliphatic imine (C=N–C) groups is 1. The summed E-state index contributed by atoms with van der Waals surface area (Å²) in [6, 6.07) is 6.08. The van der Waals surface area contributed by atoms with Crippen LogP contribution in [0.25, 0.3) is 0 Å². The summed E-state index contributed by atoms with van der Waals surface area (Å²) in [4.78, 5) is 4.63. The van der Waals surface area contributed by atoms with Gasteiger partial charge in [-0.1, -0.05) is 12.1 Å². The van der Waals surface area contributed by atoms with Gasteiger partial charge in [-0.05, 0) is 43.8 Å². The van der Waals surface area contributed by atoms with Crippen LogP contribution in [0.4, 0.5) is 5.69 Å². The Morgan fingerprint density at radius 3 is 2.71 bits per heavy atom. The zero-order chi connectivity index (χ0) is 15.5. The monoisotopic (exact) mass is 301 g/mol. The molecule has 0 atom stereocenters. The maximum atomic E-state index is 6.13. The van der Waals surface area contributed by atoms with Gasteiger partial charge in [0.05, 0.1) is 6.20 Å². The van der Waals surface area contributed by atoms with Crippen molar-refractivity contribution < 1.29 is 4.43 Å². The molecular formula is C16H23N3OSi. The number of para-hydroxylation sites is 1. The summed E-state index contributed by atoms with van der Waals surface area (Å²) in [6.45, 7) is 8.60. The first kappa shape index (κ1) is 15.5. The lowest BCUT2D eigenvalue weighted by Gasteiger charge is -2.21. The van der Waals surface area contributed by atoms with Gasteiger partial charge in [-0.15, -0.1) is 0 Å². The number of aromatic nitrogens is 2. The first-order chi connectivity index (χ1) is 9.85. The van der Waals surface area contributed by atoms with Crippen LogP contribution >= 0.6 is 0 Å². The lowest BCUT2D eigenvalue weighted by molar-refractivity contribution is 0.558. The van der Waals surface area contributed by atoms with E-state index < -0.39 is 8.32 Å². The fourth-order valence-electron chi connectivity index (χ4n) is 2.03. The molecule has 1 heterocycles. The molecule has 0 saturated carbocycles. The topological polar surface area (TPSA) is 39.4 Å². The Bertz CT molecular complexity index is 641. The van der Waals surface area contributed by atoms with Crippen LogP contribution in [-0.2, 0) is 13.5 Å². The normalized spacial score (nSPS) is 12.0. The van der Waals surface area contributed by atoms with Crippen molar-refractivity contribution in [3.05, 3.63) is 41.7 Å². The van der Waals surface area contributed by atoms with E-state index in [-0.39, 0.29) is 0 Å². The average Bonchev–Trinajstić information content (AvgIpc) is 2.77. The van der Waals surface area contributed by atoms with Gasteiger partial charge in [-0.3, -0.25) is 9.67 Å². The molecule has 0 N–H and O–H groups in total. The molecule has 1 aromatic heterocycles. The Morgan fingerprint density at radius 1 is 1.33 bits per heavy atom. The second-order valence-electron chi connectivity index (χ2n) is 6.17. The van der Waals surface area contributed by atoms with E-state index in [1.807, 2.05) is 37.8 Å². The summed E-state index contributed by atoms with van der Waals surface area (Å²) >= 11 is 0. The van der Waals surface area contributed by atoms with Gasteiger partial charge in [0, 0.05) is 25.9 Å². The molecule has 2 aromatic rings. The summed E-state index contributed by atoms with van der Waals surface area (Å²) in [6.07, 6.45) is 6.57. The Morgan fingerprint density at radius 2 is 2.10 bits per heavy atom. The lowest BCUT2D eigenvalue weighted by Crippen LogP contribution is -2.29. The Kier molecular flexibility index (Phi) is 4.62. The Hall–Kier alpha value is -1.88. The number of benzene rings is 1. The van der Waals surface area contributed by atoms with Crippen molar-refractivity contribution in [1.29, 1.82) is 0 Å². The third kappa shape index (κ3) is 4.56. The number of aryl methyl sites for hydroxylation is 2. The van der Waals surface area contributed by atoms with Crippen molar-refractivity contribution in [2.45, 2.75) is 33.0 Å². The maximum Gasteiger partial charge on any atom is 0.242 e. The number of hydrogen-bond donors (Lipinski definition) is 0. The third-order valence-corrected chi connectivity index (χ3v) is 3.75. The zero-order valence-corrected chi connectivity index (χ0v) is 14.4. The number of nitrogens with zero attached hydrogens (tertiary/aromatic N) is 3. The van der Waals surface area contributed by atoms with Crippen molar-refractivity contribution in [3.63, 3.8) is 0 Å². The first-order valence-electron chi connectivity index (χ1n) is 7.14. The van der Waals surface area contributed by atoms with Gasteiger partial charge in [0.15, 0.2) is 0 Å². The molecule has 0 aliphatic rings. The fraction of sp³-hybridized carbons (Fsp3) is 0.375. The fourth-order valence-corrected chi connectivity index (χ4v) is 2.85. The molecular weight excluding hydrogens is 278 g/mol. The van der Waals surface area contributed by atoms with Gasteiger partial charge >= 0.3 is 0 Å². The molecule has 0 amide bonds. The minimum absolute atomic E-state index is 0.772. The van der Waals surface area contributed by atoms with Crippen molar-refractivity contribution in [2.75, 3.05) is 0 Å². The van der Waals surface area contributed by atoms with E-state index in [1.165, 1.54) is 0 Å². The molecule has 0 fully saturated rings. The molecule has 0 unspecified atom stereocenters. The highest BCUT2D eigenvalue weighted by atomic mass is 28.4. The van der Waals surface area contributed by atoms with E-state index in [0.29, 0.717) is 0 Å². The van der Waals surface area contributed by atoms with Gasteiger partial charge in [0.2, 0.25) is 8.32 Å². The van der Waals surface area contributed by atoms with Crippen molar-refractivity contribution in [1.82, 2.24) is 9.78 Å². The van der Waals surface area contributed by atoms with Crippen LogP contribution in [0, 0.1) is 6.92 Å². The van der Waals surface area contributed by atoms with Crippen molar-refractivity contribution in [2.24, 2.45) is 12.0 Å². The first-order valence-corrected chi connectivity index (χ1v) is 10.5. The molecule has 0 aliphatic carbocycles. The van der Waals surface area contributed by atoms with Gasteiger partial charge in [0.25, 0.3) is 0 Å². The predicted octanol–water partition coefficient (Wildman–Crippen LogP) is 3.89. The molecule has 0 saturated heterocycles. The zero-order valence-electron chi connectivity index (χ0n) is 13.4. The molecule has 5 heteroatoms. The van der Waals surface area contributed by atoms with E-state index in [2.05, 4.69) is 42.7 Å². The molecule has 0 radical (unpaired) electrons. The largest absolute Gasteiger partial charge is 0.543 e. The summed E-state index contributed by atoms with van der Waals surface area (Å²) in [5.74, 6) is 0.886. The van der Waals surface area contributed by atoms with Crippen LogP contribution in [0.15, 0.2) is 35.6 Å². The van der Waals surface area contributed by atoms with Crippen LogP contribution < -0.4 is 4.43 Å². The van der Waals surface area contributed by atoms with Crippen LogP contribution in [0.2, 0.25) is 19.6 Å². The van der Waals surface area contributed by atoms with E-state index in [0.717, 1.165) is 29.0 Å². The molecule has 0 spiro atoms. The van der Waals surface area contributed by atoms with Gasteiger partial charge in [-0.2, -0.15) is 5.10 Å². The van der Waals surface area contributed by atoms with Crippen LogP contribution in [0.1, 0.15) is 11.1 Å². The molecule has 0 aliphatic heterocycles. The summed E-state index contributed by atoms with van der Waals surface area (Å²) < 4.78 is 7.93. The highest BCUT2D eigenvalue weighted by Crippen LogP contribution is 2.32. The highest BCUT2D eigenvalue weighted by Gasteiger charge is 2.18. The standard InChI is InChI=1S/C16H23N3OSi/c1-13-7-6-8-15(20-21(3,4)5)16(13)17-10-9-14-11-18-19(2)12-14/h6-8,10-12H,9H2,1-5H3. The predicted molar refractivity (Wildman–Crippen MR) is 90.2 cm³/mol. The second-order valence-corrected chi connectivity index (χ2v) is 10.6. The molecule has 2 rings (SSSR count). The number of hydrogen-bond acceptors (Lipinski definition) is 3. The SMILES string of the molecule is Cc1cccc(O[Si](C)(C)C)c1N=CCc1cnn(C)c1. The Balaban J connectivity index is 2.18. The Labute approximate surface area is 127 Å². The van der Waals surface area contributed by atoms with Gasteiger partial charge in [-0.25, -0.2) is 0 Å². The van der Waals surface area contributed by atoms with Crippen molar-refractivity contribution in [3.8, 4) is 5.75 Å². The van der Waals surface area contributed by atoms with Crippen LogP contribution in [0.3, 0.4) is 0 Å². The van der Waals surface area contributed by atoms with Gasteiger partial charge in [0.1, 0.15) is 11.4 Å². The molecule has 112 valence electrons. The summed E-state index contributed by atoms with van der Waals surface area (Å²) in [5.41, 5.74) is 3.22. The highest BCUT2D eigenvalue weighted by molar-refractivity contribution is 6.70. The number of rotatable bonds is 5. The maximum absolute atomic E-state index is 6.13. The molecule has 0 bridgehead atoms. The summed E-state index contributed by atoms with van der Waals surface area (Å²) in [5, 5.41) is 4.16. The van der Waals surface area contributed by atoms with Crippen molar-refractivity contribution >= 4 is 20.2 Å². The van der Waals surface area contributed by atoms with E-state index >= 15 is 0 Å². The molecule has 21 heavy (non-hydrogen) atoms. The minimum atomic E-state index is -1.64. The van der Waals surface area contributed by atoms with E-state index in [1.54, 1.807) is 4.68 Å². The molecule has 1 aromatic carbocycles. The average molecular weight is 301 g/mol. The summed E-state index contributed by atoms with van der Waals surface area (Å²) in [7, 11) is 0.279. The second kappa shape index (κ2) is 6.26. The smallest absolute Gasteiger partial charge is 0.242 e. The van der Waals surface area contributed by atoms with Crippen LogP contribution in [-0.4, -0.2) is 24.3 Å². The quantitative estimate of drug-likeness (QED) is 0.621. The van der Waals surface area contributed by atoms with Crippen LogP contribution in [0.5, 0.6) is 5.75 Å². The third-order valence-electron chi connectivity index (χ3n) is 2.92. The minimum Gasteiger partial charge on any atom is -0.543 e.